The summed E-state index contributed by atoms with van der Waals surface area (Å²) in [5, 5.41) is 9.99. The lowest BCUT2D eigenvalue weighted by atomic mass is 10.0. The number of fused-ring (bicyclic) bond motifs is 1. The Bertz CT molecular complexity index is 1270. The molecule has 0 spiro atoms. The average Bonchev–Trinajstić information content (AvgIpc) is 3.09. The van der Waals surface area contributed by atoms with E-state index in [0.717, 1.165) is 0 Å². The zero-order valence-electron chi connectivity index (χ0n) is 16.8. The van der Waals surface area contributed by atoms with Crippen molar-refractivity contribution in [2.45, 2.75) is 12.3 Å². The molecule has 1 heterocycles. The molecule has 4 rings (SSSR count). The first-order valence-electron chi connectivity index (χ1n) is 9.57. The molecule has 32 heavy (non-hydrogen) atoms. The smallest absolute Gasteiger partial charge is 0.334 e. The van der Waals surface area contributed by atoms with Crippen molar-refractivity contribution in [3.05, 3.63) is 105 Å². The topological polar surface area (TPSA) is 95.7 Å². The third kappa shape index (κ3) is 4.24. The van der Waals surface area contributed by atoms with Gasteiger partial charge >= 0.3 is 5.97 Å². The normalized spacial score (nSPS) is 14.6. The molecule has 0 saturated heterocycles. The van der Waals surface area contributed by atoms with Crippen molar-refractivity contribution in [2.75, 3.05) is 0 Å². The fourth-order valence-corrected chi connectivity index (χ4v) is 3.53. The van der Waals surface area contributed by atoms with Gasteiger partial charge in [-0.2, -0.15) is 0 Å². The fraction of sp³-hybridized carbons (Fsp3) is 0.0833. The van der Waals surface area contributed by atoms with Crippen molar-refractivity contribution in [2.24, 2.45) is 0 Å². The Morgan fingerprint density at radius 3 is 2.59 bits per heavy atom. The summed E-state index contributed by atoms with van der Waals surface area (Å²) < 4.78 is 11.1. The Morgan fingerprint density at radius 1 is 1.12 bits per heavy atom. The highest BCUT2D eigenvalue weighted by atomic mass is 35.5. The molecule has 0 fully saturated rings. The van der Waals surface area contributed by atoms with Crippen molar-refractivity contribution in [3.8, 4) is 11.5 Å². The van der Waals surface area contributed by atoms with Gasteiger partial charge in [-0.15, -0.1) is 11.6 Å². The van der Waals surface area contributed by atoms with Crippen LogP contribution in [-0.4, -0.2) is 16.7 Å². The van der Waals surface area contributed by atoms with E-state index in [9.17, 15) is 19.7 Å². The standard InChI is InChI=1S/C24H16ClNO6/c1-14-10-18(31-24(28)22(25)16-7-3-2-4-8-16)13-19-21(14)23(27)20(32-19)12-15-6-5-9-17(11-15)26(29)30/h2-13,22H,1H3/b20-12-. The molecule has 3 aromatic carbocycles. The summed E-state index contributed by atoms with van der Waals surface area (Å²) in [4.78, 5) is 35.7. The summed E-state index contributed by atoms with van der Waals surface area (Å²) in [7, 11) is 0. The average molecular weight is 450 g/mol. The first-order chi connectivity index (χ1) is 15.3. The van der Waals surface area contributed by atoms with Crippen LogP contribution in [0.5, 0.6) is 11.5 Å². The fourth-order valence-electron chi connectivity index (χ4n) is 3.34. The van der Waals surface area contributed by atoms with Crippen LogP contribution in [-0.2, 0) is 4.79 Å². The van der Waals surface area contributed by atoms with Gasteiger partial charge in [0, 0.05) is 18.2 Å². The number of ether oxygens (including phenoxy) is 2. The van der Waals surface area contributed by atoms with Crippen molar-refractivity contribution in [1.29, 1.82) is 0 Å². The maximum Gasteiger partial charge on any atom is 0.334 e. The number of alkyl halides is 1. The van der Waals surface area contributed by atoms with Crippen LogP contribution < -0.4 is 9.47 Å². The number of rotatable bonds is 5. The van der Waals surface area contributed by atoms with Gasteiger partial charge in [-0.05, 0) is 35.8 Å². The molecule has 1 aliphatic heterocycles. The number of hydrogen-bond donors (Lipinski definition) is 0. The van der Waals surface area contributed by atoms with E-state index in [1.54, 1.807) is 43.3 Å². The van der Waals surface area contributed by atoms with E-state index < -0.39 is 16.3 Å². The highest BCUT2D eigenvalue weighted by Crippen LogP contribution is 2.38. The summed E-state index contributed by atoms with van der Waals surface area (Å²) in [6.45, 7) is 1.70. The number of benzene rings is 3. The Morgan fingerprint density at radius 2 is 1.88 bits per heavy atom. The molecule has 8 heteroatoms. The first kappa shape index (κ1) is 21.3. The van der Waals surface area contributed by atoms with Gasteiger partial charge in [-0.25, -0.2) is 4.79 Å². The highest BCUT2D eigenvalue weighted by molar-refractivity contribution is 6.30. The summed E-state index contributed by atoms with van der Waals surface area (Å²) in [6, 6.07) is 17.7. The van der Waals surface area contributed by atoms with Gasteiger partial charge in [0.05, 0.1) is 10.5 Å². The van der Waals surface area contributed by atoms with Gasteiger partial charge in [0.25, 0.3) is 5.69 Å². The lowest BCUT2D eigenvalue weighted by molar-refractivity contribution is -0.384. The first-order valence-corrected chi connectivity index (χ1v) is 10.0. The molecular weight excluding hydrogens is 434 g/mol. The number of nitro benzene ring substituents is 1. The maximum atomic E-state index is 12.8. The van der Waals surface area contributed by atoms with E-state index in [2.05, 4.69) is 0 Å². The summed E-state index contributed by atoms with van der Waals surface area (Å²) in [5.74, 6) is -0.570. The predicted octanol–water partition coefficient (Wildman–Crippen LogP) is 5.40. The Hall–Kier alpha value is -3.97. The van der Waals surface area contributed by atoms with E-state index in [4.69, 9.17) is 21.1 Å². The minimum Gasteiger partial charge on any atom is -0.452 e. The molecular formula is C24H16ClNO6. The SMILES string of the molecule is Cc1cc(OC(=O)C(Cl)c2ccccc2)cc2c1C(=O)/C(=C/c1cccc([N+](=O)[O-])c1)O2. The van der Waals surface area contributed by atoms with E-state index in [1.165, 1.54) is 30.3 Å². The lowest BCUT2D eigenvalue weighted by Gasteiger charge is -2.11. The number of halogens is 1. The number of Topliss-reactive ketones (excluding diaryl/α,β-unsaturated/α-hetero) is 1. The molecule has 1 atom stereocenters. The molecule has 0 amide bonds. The van der Waals surface area contributed by atoms with Crippen molar-refractivity contribution >= 4 is 35.1 Å². The number of ketones is 1. The monoisotopic (exact) mass is 449 g/mol. The van der Waals surface area contributed by atoms with Gasteiger partial charge in [0.2, 0.25) is 5.78 Å². The molecule has 0 aliphatic carbocycles. The molecule has 0 N–H and O–H groups in total. The summed E-state index contributed by atoms with van der Waals surface area (Å²) >= 11 is 6.22. The van der Waals surface area contributed by atoms with Crippen molar-refractivity contribution < 1.29 is 24.0 Å². The Kier molecular flexibility index (Phi) is 5.75. The number of nitro groups is 1. The van der Waals surface area contributed by atoms with E-state index in [1.807, 2.05) is 6.07 Å². The number of carbonyl (C=O) groups is 2. The molecule has 160 valence electrons. The number of allylic oxidation sites excluding steroid dienone is 1. The summed E-state index contributed by atoms with van der Waals surface area (Å²) in [6.07, 6.45) is 1.44. The van der Waals surface area contributed by atoms with E-state index in [0.29, 0.717) is 22.3 Å². The predicted molar refractivity (Wildman–Crippen MR) is 118 cm³/mol. The van der Waals surface area contributed by atoms with Crippen molar-refractivity contribution in [3.63, 3.8) is 0 Å². The second-order valence-electron chi connectivity index (χ2n) is 7.10. The maximum absolute atomic E-state index is 12.8. The molecule has 7 nitrogen and oxygen atoms in total. The zero-order valence-corrected chi connectivity index (χ0v) is 17.5. The Labute approximate surface area is 188 Å². The van der Waals surface area contributed by atoms with Crippen LogP contribution in [0.3, 0.4) is 0 Å². The van der Waals surface area contributed by atoms with Gasteiger partial charge in [0.15, 0.2) is 11.1 Å². The van der Waals surface area contributed by atoms with Crippen LogP contribution in [0.4, 0.5) is 5.69 Å². The van der Waals surface area contributed by atoms with E-state index in [-0.39, 0.29) is 28.7 Å². The number of esters is 1. The molecule has 1 unspecified atom stereocenters. The zero-order chi connectivity index (χ0) is 22.8. The van der Waals surface area contributed by atoms with Crippen LogP contribution in [0, 0.1) is 17.0 Å². The minimum absolute atomic E-state index is 0.0200. The van der Waals surface area contributed by atoms with Crippen LogP contribution in [0.2, 0.25) is 0 Å². The number of non-ortho nitro benzene ring substituents is 1. The van der Waals surface area contributed by atoms with Crippen molar-refractivity contribution in [1.82, 2.24) is 0 Å². The molecule has 0 saturated carbocycles. The number of carbonyl (C=O) groups excluding carboxylic acids is 2. The van der Waals surface area contributed by atoms with E-state index >= 15 is 0 Å². The van der Waals surface area contributed by atoms with Crippen LogP contribution in [0.1, 0.15) is 32.4 Å². The third-order valence-corrected chi connectivity index (χ3v) is 5.27. The molecule has 3 aromatic rings. The lowest BCUT2D eigenvalue weighted by Crippen LogP contribution is -2.14. The quantitative estimate of drug-likeness (QED) is 0.129. The second-order valence-corrected chi connectivity index (χ2v) is 7.54. The highest BCUT2D eigenvalue weighted by Gasteiger charge is 2.31. The second kappa shape index (κ2) is 8.64. The Balaban J connectivity index is 1.58. The molecule has 0 radical (unpaired) electrons. The number of hydrogen-bond acceptors (Lipinski definition) is 6. The van der Waals surface area contributed by atoms with Gasteiger partial charge < -0.3 is 9.47 Å². The molecule has 0 bridgehead atoms. The van der Waals surface area contributed by atoms with Crippen LogP contribution >= 0.6 is 11.6 Å². The van der Waals surface area contributed by atoms with Crippen LogP contribution in [0.25, 0.3) is 6.08 Å². The largest absolute Gasteiger partial charge is 0.452 e. The van der Waals surface area contributed by atoms with Gasteiger partial charge in [-0.1, -0.05) is 42.5 Å². The summed E-state index contributed by atoms with van der Waals surface area (Å²) in [5.41, 5.74) is 1.86. The number of aryl methyl sites for hydroxylation is 1. The van der Waals surface area contributed by atoms with Crippen LogP contribution in [0.15, 0.2) is 72.5 Å². The minimum atomic E-state index is -0.989. The van der Waals surface area contributed by atoms with Gasteiger partial charge in [-0.3, -0.25) is 14.9 Å². The molecule has 1 aliphatic rings. The molecule has 0 aromatic heterocycles. The van der Waals surface area contributed by atoms with Gasteiger partial charge in [0.1, 0.15) is 11.5 Å². The number of nitrogens with zero attached hydrogens (tertiary/aromatic N) is 1. The third-order valence-electron chi connectivity index (χ3n) is 4.84.